The summed E-state index contributed by atoms with van der Waals surface area (Å²) in [7, 11) is 0. The standard InChI is InChI=1S/C14H13NO3/c16-12-7-14-13(17-9-18-14)6-10(12)8-15-11-4-2-1-3-5-11/h1-7,15-16H,8-9H2. The highest BCUT2D eigenvalue weighted by Gasteiger charge is 2.16. The van der Waals surface area contributed by atoms with Crippen molar-refractivity contribution in [3.05, 3.63) is 48.0 Å². The summed E-state index contributed by atoms with van der Waals surface area (Å²) in [5.74, 6) is 1.48. The Morgan fingerprint density at radius 3 is 2.56 bits per heavy atom. The van der Waals surface area contributed by atoms with Crippen molar-refractivity contribution in [1.82, 2.24) is 0 Å². The number of phenols is 1. The number of ether oxygens (including phenoxy) is 2. The third-order valence-corrected chi connectivity index (χ3v) is 2.83. The molecule has 2 N–H and O–H groups in total. The molecule has 0 aromatic heterocycles. The Kier molecular flexibility index (Phi) is 2.68. The molecule has 92 valence electrons. The lowest BCUT2D eigenvalue weighted by molar-refractivity contribution is 0.174. The van der Waals surface area contributed by atoms with Crippen LogP contribution in [-0.2, 0) is 6.54 Å². The van der Waals surface area contributed by atoms with E-state index in [-0.39, 0.29) is 12.5 Å². The van der Waals surface area contributed by atoms with E-state index in [2.05, 4.69) is 5.32 Å². The lowest BCUT2D eigenvalue weighted by atomic mass is 10.1. The highest BCUT2D eigenvalue weighted by atomic mass is 16.7. The molecule has 18 heavy (non-hydrogen) atoms. The topological polar surface area (TPSA) is 50.7 Å². The summed E-state index contributed by atoms with van der Waals surface area (Å²) in [6.45, 7) is 0.747. The number of benzene rings is 2. The fraction of sp³-hybridized carbons (Fsp3) is 0.143. The number of rotatable bonds is 3. The van der Waals surface area contributed by atoms with Crippen molar-refractivity contribution in [2.75, 3.05) is 12.1 Å². The zero-order chi connectivity index (χ0) is 12.4. The Bertz CT molecular complexity index is 554. The van der Waals surface area contributed by atoms with Crippen molar-refractivity contribution in [2.45, 2.75) is 6.54 Å². The Morgan fingerprint density at radius 2 is 1.78 bits per heavy atom. The molecule has 1 aliphatic rings. The maximum absolute atomic E-state index is 9.88. The van der Waals surface area contributed by atoms with Crippen LogP contribution in [0.5, 0.6) is 17.2 Å². The summed E-state index contributed by atoms with van der Waals surface area (Å²) in [5, 5.41) is 13.1. The molecule has 2 aromatic carbocycles. The number of anilines is 1. The van der Waals surface area contributed by atoms with Gasteiger partial charge in [0.15, 0.2) is 11.5 Å². The molecule has 0 saturated heterocycles. The maximum atomic E-state index is 9.88. The molecular formula is C14H13NO3. The van der Waals surface area contributed by atoms with Crippen LogP contribution >= 0.6 is 0 Å². The van der Waals surface area contributed by atoms with Gasteiger partial charge in [-0.3, -0.25) is 0 Å². The highest BCUT2D eigenvalue weighted by molar-refractivity contribution is 5.53. The second-order valence-electron chi connectivity index (χ2n) is 4.05. The molecule has 3 rings (SSSR count). The number of aromatic hydroxyl groups is 1. The molecule has 0 unspecified atom stereocenters. The zero-order valence-corrected chi connectivity index (χ0v) is 9.72. The average Bonchev–Trinajstić information content (AvgIpc) is 2.84. The average molecular weight is 243 g/mol. The van der Waals surface area contributed by atoms with Gasteiger partial charge in [-0.05, 0) is 18.2 Å². The molecular weight excluding hydrogens is 230 g/mol. The molecule has 0 spiro atoms. The van der Waals surface area contributed by atoms with Crippen molar-refractivity contribution in [1.29, 1.82) is 0 Å². The predicted octanol–water partition coefficient (Wildman–Crippen LogP) is 2.73. The molecule has 1 aliphatic heterocycles. The van der Waals surface area contributed by atoms with E-state index in [1.54, 1.807) is 12.1 Å². The van der Waals surface area contributed by atoms with Crippen LogP contribution in [0.3, 0.4) is 0 Å². The summed E-state index contributed by atoms with van der Waals surface area (Å²) in [6.07, 6.45) is 0. The fourth-order valence-electron chi connectivity index (χ4n) is 1.87. The zero-order valence-electron chi connectivity index (χ0n) is 9.72. The largest absolute Gasteiger partial charge is 0.507 e. The number of para-hydroxylation sites is 1. The second-order valence-corrected chi connectivity index (χ2v) is 4.05. The van der Waals surface area contributed by atoms with E-state index in [0.29, 0.717) is 18.0 Å². The van der Waals surface area contributed by atoms with Gasteiger partial charge in [0.05, 0.1) is 0 Å². The normalized spacial score (nSPS) is 12.4. The van der Waals surface area contributed by atoms with E-state index >= 15 is 0 Å². The molecule has 0 bridgehead atoms. The van der Waals surface area contributed by atoms with Crippen LogP contribution in [0.4, 0.5) is 5.69 Å². The molecule has 0 amide bonds. The van der Waals surface area contributed by atoms with Crippen molar-refractivity contribution in [2.24, 2.45) is 0 Å². The van der Waals surface area contributed by atoms with Crippen LogP contribution in [0.2, 0.25) is 0 Å². The monoisotopic (exact) mass is 243 g/mol. The van der Waals surface area contributed by atoms with Crippen LogP contribution in [0.15, 0.2) is 42.5 Å². The van der Waals surface area contributed by atoms with Gasteiger partial charge in [0.2, 0.25) is 6.79 Å². The van der Waals surface area contributed by atoms with E-state index in [0.717, 1.165) is 11.3 Å². The molecule has 0 fully saturated rings. The molecule has 0 radical (unpaired) electrons. The van der Waals surface area contributed by atoms with E-state index < -0.39 is 0 Å². The molecule has 4 heteroatoms. The number of nitrogens with one attached hydrogen (secondary N) is 1. The minimum absolute atomic E-state index is 0.211. The van der Waals surface area contributed by atoms with Gasteiger partial charge in [-0.2, -0.15) is 0 Å². The molecule has 2 aromatic rings. The Balaban J connectivity index is 1.77. The van der Waals surface area contributed by atoms with Crippen molar-refractivity contribution < 1.29 is 14.6 Å². The fourth-order valence-corrected chi connectivity index (χ4v) is 1.87. The third kappa shape index (κ3) is 2.05. The summed E-state index contributed by atoms with van der Waals surface area (Å²) in [5.41, 5.74) is 1.79. The Hall–Kier alpha value is -2.36. The summed E-state index contributed by atoms with van der Waals surface area (Å²) < 4.78 is 10.5. The molecule has 0 saturated carbocycles. The predicted molar refractivity (Wildman–Crippen MR) is 68.0 cm³/mol. The number of fused-ring (bicyclic) bond motifs is 1. The number of hydrogen-bond donors (Lipinski definition) is 2. The minimum Gasteiger partial charge on any atom is -0.507 e. The highest BCUT2D eigenvalue weighted by Crippen LogP contribution is 2.37. The van der Waals surface area contributed by atoms with Gasteiger partial charge < -0.3 is 19.9 Å². The van der Waals surface area contributed by atoms with Gasteiger partial charge in [0.25, 0.3) is 0 Å². The van der Waals surface area contributed by atoms with Crippen LogP contribution in [0, 0.1) is 0 Å². The second kappa shape index (κ2) is 4.49. The molecule has 0 atom stereocenters. The molecule has 4 nitrogen and oxygen atoms in total. The van der Waals surface area contributed by atoms with Crippen LogP contribution in [0.1, 0.15) is 5.56 Å². The first-order valence-electron chi connectivity index (χ1n) is 5.73. The van der Waals surface area contributed by atoms with Gasteiger partial charge in [-0.25, -0.2) is 0 Å². The Labute approximate surface area is 105 Å². The van der Waals surface area contributed by atoms with Crippen LogP contribution in [0.25, 0.3) is 0 Å². The lowest BCUT2D eigenvalue weighted by Gasteiger charge is -2.09. The summed E-state index contributed by atoms with van der Waals surface area (Å²) >= 11 is 0. The first kappa shape index (κ1) is 10.8. The third-order valence-electron chi connectivity index (χ3n) is 2.83. The number of phenolic OH excluding ortho intramolecular Hbond substituents is 1. The van der Waals surface area contributed by atoms with Crippen molar-refractivity contribution in [3.8, 4) is 17.2 Å². The summed E-state index contributed by atoms with van der Waals surface area (Å²) in [4.78, 5) is 0. The van der Waals surface area contributed by atoms with Gasteiger partial charge in [0.1, 0.15) is 5.75 Å². The SMILES string of the molecule is Oc1cc2c(cc1CNc1ccccc1)OCO2. The van der Waals surface area contributed by atoms with Crippen LogP contribution < -0.4 is 14.8 Å². The van der Waals surface area contributed by atoms with Gasteiger partial charge in [0, 0.05) is 23.9 Å². The minimum atomic E-state index is 0.211. The first-order valence-corrected chi connectivity index (χ1v) is 5.73. The summed E-state index contributed by atoms with van der Waals surface area (Å²) in [6, 6.07) is 13.2. The maximum Gasteiger partial charge on any atom is 0.231 e. The van der Waals surface area contributed by atoms with Gasteiger partial charge in [-0.15, -0.1) is 0 Å². The van der Waals surface area contributed by atoms with E-state index in [1.165, 1.54) is 0 Å². The molecule has 0 aliphatic carbocycles. The van der Waals surface area contributed by atoms with E-state index in [9.17, 15) is 5.11 Å². The first-order chi connectivity index (χ1) is 8.83. The Morgan fingerprint density at radius 1 is 1.06 bits per heavy atom. The number of hydrogen-bond acceptors (Lipinski definition) is 4. The van der Waals surface area contributed by atoms with E-state index in [1.807, 2.05) is 30.3 Å². The quantitative estimate of drug-likeness (QED) is 0.870. The van der Waals surface area contributed by atoms with E-state index in [4.69, 9.17) is 9.47 Å². The van der Waals surface area contributed by atoms with Gasteiger partial charge >= 0.3 is 0 Å². The van der Waals surface area contributed by atoms with Gasteiger partial charge in [-0.1, -0.05) is 18.2 Å². The van der Waals surface area contributed by atoms with Crippen molar-refractivity contribution in [3.63, 3.8) is 0 Å². The lowest BCUT2D eigenvalue weighted by Crippen LogP contribution is -1.99. The molecule has 1 heterocycles. The van der Waals surface area contributed by atoms with Crippen molar-refractivity contribution >= 4 is 5.69 Å². The smallest absolute Gasteiger partial charge is 0.231 e. The van der Waals surface area contributed by atoms with Crippen LogP contribution in [-0.4, -0.2) is 11.9 Å².